The number of hydrogen-bond donors (Lipinski definition) is 2. The lowest BCUT2D eigenvalue weighted by molar-refractivity contribution is 0.0532. The summed E-state index contributed by atoms with van der Waals surface area (Å²) in [4.78, 5) is 0. The van der Waals surface area contributed by atoms with Crippen molar-refractivity contribution in [2.45, 2.75) is 26.4 Å². The quantitative estimate of drug-likeness (QED) is 0.478. The van der Waals surface area contributed by atoms with Crippen LogP contribution in [0, 0.1) is 5.92 Å². The van der Waals surface area contributed by atoms with Crippen molar-refractivity contribution in [2.75, 3.05) is 0 Å². The fourth-order valence-corrected chi connectivity index (χ4v) is 0.907. The Bertz CT molecular complexity index is 115. The van der Waals surface area contributed by atoms with Crippen molar-refractivity contribution in [1.82, 2.24) is 0 Å². The van der Waals surface area contributed by atoms with Crippen LogP contribution in [0.3, 0.4) is 0 Å². The number of thiocarbonyl (C=S) groups is 1. The minimum absolute atomic E-state index is 0.0316. The van der Waals surface area contributed by atoms with Crippen molar-refractivity contribution in [3.8, 4) is 0 Å². The second-order valence-corrected chi connectivity index (χ2v) is 3.94. The lowest BCUT2D eigenvalue weighted by Crippen LogP contribution is -2.31. The van der Waals surface area contributed by atoms with Crippen LogP contribution in [-0.2, 0) is 0 Å². The van der Waals surface area contributed by atoms with Crippen LogP contribution in [0.5, 0.6) is 0 Å². The number of aliphatic hydroxyl groups is 1. The highest BCUT2D eigenvalue weighted by Crippen LogP contribution is 2.18. The molecule has 0 aliphatic carbocycles. The van der Waals surface area contributed by atoms with Gasteiger partial charge in [0.1, 0.15) is 0 Å². The van der Waals surface area contributed by atoms with E-state index in [1.165, 1.54) is 0 Å². The Kier molecular flexibility index (Phi) is 3.12. The molecule has 0 aromatic rings. The van der Waals surface area contributed by atoms with Gasteiger partial charge in [-0.15, -0.1) is 12.6 Å². The van der Waals surface area contributed by atoms with Crippen LogP contribution in [0.25, 0.3) is 0 Å². The largest absolute Gasteiger partial charge is 0.390 e. The van der Waals surface area contributed by atoms with Crippen LogP contribution in [0.15, 0.2) is 0 Å². The van der Waals surface area contributed by atoms with Crippen LogP contribution in [0.4, 0.5) is 0 Å². The van der Waals surface area contributed by atoms with E-state index in [1.54, 1.807) is 13.8 Å². The molecule has 0 saturated carbocycles. The molecule has 9 heavy (non-hydrogen) atoms. The van der Waals surface area contributed by atoms with Crippen LogP contribution in [-0.4, -0.2) is 14.9 Å². The maximum absolute atomic E-state index is 9.32. The maximum Gasteiger partial charge on any atom is 0.0670 e. The van der Waals surface area contributed by atoms with E-state index in [2.05, 4.69) is 12.6 Å². The summed E-state index contributed by atoms with van der Waals surface area (Å²) in [5.41, 5.74) is -0.737. The Balaban J connectivity index is 4.04. The minimum atomic E-state index is -0.737. The Labute approximate surface area is 66.9 Å². The molecule has 0 heterocycles. The molecule has 0 rings (SSSR count). The first kappa shape index (κ1) is 9.40. The molecule has 0 aromatic carbocycles. The van der Waals surface area contributed by atoms with Crippen molar-refractivity contribution in [1.29, 1.82) is 0 Å². The Morgan fingerprint density at radius 2 is 2.00 bits per heavy atom. The van der Waals surface area contributed by atoms with Gasteiger partial charge < -0.3 is 5.11 Å². The van der Waals surface area contributed by atoms with Crippen molar-refractivity contribution in [2.24, 2.45) is 5.92 Å². The third-order valence-electron chi connectivity index (χ3n) is 1.43. The number of thiol groups is 1. The third-order valence-corrected chi connectivity index (χ3v) is 2.17. The molecule has 0 aliphatic rings. The summed E-state index contributed by atoms with van der Waals surface area (Å²) in [6.07, 6.45) is 0. The second-order valence-electron chi connectivity index (χ2n) is 2.71. The van der Waals surface area contributed by atoms with Gasteiger partial charge in [0.2, 0.25) is 0 Å². The first-order valence-corrected chi connectivity index (χ1v) is 3.66. The van der Waals surface area contributed by atoms with Gasteiger partial charge in [-0.05, 0) is 13.8 Å². The van der Waals surface area contributed by atoms with E-state index in [0.717, 1.165) is 0 Å². The van der Waals surface area contributed by atoms with Crippen molar-refractivity contribution in [3.63, 3.8) is 0 Å². The first-order valence-electron chi connectivity index (χ1n) is 2.81. The van der Waals surface area contributed by atoms with Crippen LogP contribution in [0.1, 0.15) is 20.8 Å². The standard InChI is InChI=1S/C6H12OS2/c1-4(5(8)9)6(2,3)7/h4,7H,1-3H3,(H,8,9)/t4-/m0/s1. The molecule has 0 radical (unpaired) electrons. The summed E-state index contributed by atoms with van der Waals surface area (Å²) in [6, 6.07) is 0. The van der Waals surface area contributed by atoms with Crippen LogP contribution in [0.2, 0.25) is 0 Å². The second kappa shape index (κ2) is 2.99. The molecule has 1 N–H and O–H groups in total. The minimum Gasteiger partial charge on any atom is -0.390 e. The molecular weight excluding hydrogens is 152 g/mol. The summed E-state index contributed by atoms with van der Waals surface area (Å²) >= 11 is 8.73. The normalized spacial score (nSPS) is 15.2. The van der Waals surface area contributed by atoms with Gasteiger partial charge in [0.15, 0.2) is 0 Å². The van der Waals surface area contributed by atoms with Gasteiger partial charge >= 0.3 is 0 Å². The van der Waals surface area contributed by atoms with E-state index in [4.69, 9.17) is 12.2 Å². The lowest BCUT2D eigenvalue weighted by Gasteiger charge is -2.24. The van der Waals surface area contributed by atoms with E-state index in [-0.39, 0.29) is 5.92 Å². The first-order chi connectivity index (χ1) is 3.85. The van der Waals surface area contributed by atoms with Crippen molar-refractivity contribution < 1.29 is 5.11 Å². The highest BCUT2D eigenvalue weighted by molar-refractivity contribution is 8.11. The monoisotopic (exact) mass is 164 g/mol. The molecule has 0 aromatic heterocycles. The molecule has 0 aliphatic heterocycles. The molecule has 0 fully saturated rings. The fourth-order valence-electron chi connectivity index (χ4n) is 0.302. The van der Waals surface area contributed by atoms with Crippen molar-refractivity contribution >= 4 is 29.0 Å². The Morgan fingerprint density at radius 3 is 2.00 bits per heavy atom. The lowest BCUT2D eigenvalue weighted by atomic mass is 9.95. The van der Waals surface area contributed by atoms with E-state index in [9.17, 15) is 5.11 Å². The molecule has 0 spiro atoms. The maximum atomic E-state index is 9.32. The molecule has 3 heteroatoms. The van der Waals surface area contributed by atoms with Gasteiger partial charge in [0.05, 0.1) is 9.80 Å². The summed E-state index contributed by atoms with van der Waals surface area (Å²) in [7, 11) is 0. The molecule has 1 atom stereocenters. The molecule has 0 saturated heterocycles. The third kappa shape index (κ3) is 3.18. The van der Waals surface area contributed by atoms with Gasteiger partial charge in [0.25, 0.3) is 0 Å². The molecule has 1 nitrogen and oxygen atoms in total. The summed E-state index contributed by atoms with van der Waals surface area (Å²) < 4.78 is 0.558. The zero-order valence-electron chi connectivity index (χ0n) is 5.88. The molecular formula is C6H12OS2. The molecule has 54 valence electrons. The van der Waals surface area contributed by atoms with Gasteiger partial charge in [-0.25, -0.2) is 0 Å². The Hall–Kier alpha value is 0.400. The summed E-state index contributed by atoms with van der Waals surface area (Å²) in [6.45, 7) is 5.30. The SMILES string of the molecule is C[C@@H](C(=S)S)C(C)(C)O. The zero-order valence-corrected chi connectivity index (χ0v) is 7.59. The summed E-state index contributed by atoms with van der Waals surface area (Å²) in [5.74, 6) is -0.0316. The Morgan fingerprint density at radius 1 is 1.67 bits per heavy atom. The average molecular weight is 164 g/mol. The van der Waals surface area contributed by atoms with Crippen molar-refractivity contribution in [3.05, 3.63) is 0 Å². The smallest absolute Gasteiger partial charge is 0.0670 e. The highest BCUT2D eigenvalue weighted by Gasteiger charge is 2.23. The summed E-state index contributed by atoms with van der Waals surface area (Å²) in [5, 5.41) is 9.32. The van der Waals surface area contributed by atoms with E-state index < -0.39 is 5.60 Å². The van der Waals surface area contributed by atoms with Crippen LogP contribution < -0.4 is 0 Å². The molecule has 0 unspecified atom stereocenters. The highest BCUT2D eigenvalue weighted by atomic mass is 32.1. The zero-order chi connectivity index (χ0) is 7.65. The van der Waals surface area contributed by atoms with Gasteiger partial charge in [0, 0.05) is 5.92 Å². The predicted molar refractivity (Wildman–Crippen MR) is 47.0 cm³/mol. The van der Waals surface area contributed by atoms with E-state index >= 15 is 0 Å². The van der Waals surface area contributed by atoms with Gasteiger partial charge in [-0.2, -0.15) is 0 Å². The molecule has 0 amide bonds. The predicted octanol–water partition coefficient (Wildman–Crippen LogP) is 1.65. The van der Waals surface area contributed by atoms with Gasteiger partial charge in [-0.1, -0.05) is 19.1 Å². The van der Waals surface area contributed by atoms with E-state index in [1.807, 2.05) is 6.92 Å². The van der Waals surface area contributed by atoms with E-state index in [0.29, 0.717) is 4.20 Å². The number of hydrogen-bond acceptors (Lipinski definition) is 2. The van der Waals surface area contributed by atoms with Gasteiger partial charge in [-0.3, -0.25) is 0 Å². The topological polar surface area (TPSA) is 20.2 Å². The molecule has 0 bridgehead atoms. The van der Waals surface area contributed by atoms with Crippen LogP contribution >= 0.6 is 24.8 Å². The fraction of sp³-hybridized carbons (Fsp3) is 0.833. The average Bonchev–Trinajstić information content (AvgIpc) is 1.62. The number of rotatable bonds is 2.